The largest absolute Gasteiger partial charge is 0.376 e. The molecule has 1 saturated heterocycles. The van der Waals surface area contributed by atoms with Crippen molar-refractivity contribution in [3.8, 4) is 0 Å². The lowest BCUT2D eigenvalue weighted by Gasteiger charge is -2.10. The minimum absolute atomic E-state index is 0.758. The van der Waals surface area contributed by atoms with Gasteiger partial charge in [0.05, 0.1) is 5.03 Å². The number of allylic oxidation sites excluding steroid dienone is 1. The van der Waals surface area contributed by atoms with Gasteiger partial charge in [-0.3, -0.25) is 4.99 Å². The third kappa shape index (κ3) is 5.83. The highest BCUT2D eigenvalue weighted by molar-refractivity contribution is 6.39. The topological polar surface area (TPSA) is 15.6 Å². The quantitative estimate of drug-likeness (QED) is 0.503. The number of halogens is 1. The molecule has 0 aromatic carbocycles. The van der Waals surface area contributed by atoms with Crippen LogP contribution >= 0.6 is 11.6 Å². The van der Waals surface area contributed by atoms with Crippen molar-refractivity contribution in [1.82, 2.24) is 4.90 Å². The molecular formula is C12H21ClN2. The summed E-state index contributed by atoms with van der Waals surface area (Å²) in [6, 6.07) is 0. The molecule has 1 rings (SSSR count). The molecule has 86 valence electrons. The van der Waals surface area contributed by atoms with Gasteiger partial charge >= 0.3 is 0 Å². The predicted molar refractivity (Wildman–Crippen MR) is 67.6 cm³/mol. The zero-order valence-electron chi connectivity index (χ0n) is 9.58. The molecule has 0 aliphatic carbocycles. The van der Waals surface area contributed by atoms with Gasteiger partial charge in [-0.15, -0.1) is 0 Å². The number of aliphatic imine (C=N–C) groups is 1. The first kappa shape index (κ1) is 12.6. The van der Waals surface area contributed by atoms with Gasteiger partial charge in [-0.05, 0) is 19.3 Å². The van der Waals surface area contributed by atoms with Crippen molar-refractivity contribution in [1.29, 1.82) is 0 Å². The molecule has 0 saturated carbocycles. The Morgan fingerprint density at radius 2 is 2.07 bits per heavy atom. The number of rotatable bonds is 6. The maximum absolute atomic E-state index is 6.04. The van der Waals surface area contributed by atoms with Gasteiger partial charge in [0.2, 0.25) is 0 Å². The molecule has 0 atom stereocenters. The Morgan fingerprint density at radius 3 is 2.73 bits per heavy atom. The molecule has 1 aliphatic heterocycles. The molecule has 15 heavy (non-hydrogen) atoms. The van der Waals surface area contributed by atoms with Crippen LogP contribution in [0.2, 0.25) is 0 Å². The molecule has 1 heterocycles. The van der Waals surface area contributed by atoms with Crippen molar-refractivity contribution < 1.29 is 0 Å². The molecule has 3 heteroatoms. The number of hydrogen-bond donors (Lipinski definition) is 0. The van der Waals surface area contributed by atoms with Crippen LogP contribution in [-0.2, 0) is 0 Å². The molecule has 0 aromatic heterocycles. The van der Waals surface area contributed by atoms with Crippen LogP contribution in [0.25, 0.3) is 0 Å². The summed E-state index contributed by atoms with van der Waals surface area (Å²) in [6.07, 6.45) is 10.0. The van der Waals surface area contributed by atoms with E-state index in [9.17, 15) is 0 Å². The summed E-state index contributed by atoms with van der Waals surface area (Å²) in [4.78, 5) is 6.56. The molecule has 0 N–H and O–H groups in total. The maximum atomic E-state index is 6.04. The fourth-order valence-electron chi connectivity index (χ4n) is 1.68. The highest BCUT2D eigenvalue weighted by Gasteiger charge is 2.07. The van der Waals surface area contributed by atoms with Crippen LogP contribution in [0.15, 0.2) is 16.2 Å². The van der Waals surface area contributed by atoms with Gasteiger partial charge in [0.15, 0.2) is 0 Å². The molecule has 0 unspecified atom stereocenters. The fraction of sp³-hybridized carbons (Fsp3) is 0.750. The van der Waals surface area contributed by atoms with E-state index in [0.717, 1.165) is 24.7 Å². The van der Waals surface area contributed by atoms with Crippen LogP contribution in [0.4, 0.5) is 0 Å². The van der Waals surface area contributed by atoms with E-state index in [1.807, 2.05) is 6.20 Å². The van der Waals surface area contributed by atoms with Gasteiger partial charge in [-0.1, -0.05) is 31.4 Å². The van der Waals surface area contributed by atoms with E-state index in [1.54, 1.807) is 6.21 Å². The lowest BCUT2D eigenvalue weighted by atomic mass is 10.2. The summed E-state index contributed by atoms with van der Waals surface area (Å²) < 4.78 is 0. The Labute approximate surface area is 98.0 Å². The molecular weight excluding hydrogens is 208 g/mol. The lowest BCUT2D eigenvalue weighted by Crippen LogP contribution is -2.11. The summed E-state index contributed by atoms with van der Waals surface area (Å²) in [5.41, 5.74) is 0. The Hall–Kier alpha value is -0.500. The van der Waals surface area contributed by atoms with Gasteiger partial charge in [0.25, 0.3) is 0 Å². The molecule has 2 nitrogen and oxygen atoms in total. The first-order chi connectivity index (χ1) is 7.33. The van der Waals surface area contributed by atoms with Crippen LogP contribution in [-0.4, -0.2) is 30.7 Å². The van der Waals surface area contributed by atoms with Crippen molar-refractivity contribution in [2.45, 2.75) is 39.0 Å². The monoisotopic (exact) mass is 228 g/mol. The van der Waals surface area contributed by atoms with Crippen LogP contribution in [0.3, 0.4) is 0 Å². The van der Waals surface area contributed by atoms with Gasteiger partial charge in [0.1, 0.15) is 0 Å². The standard InChI is InChI=1S/C12H21ClN2/c1-2-3-4-7-14-10-12(13)11-15-8-5-6-9-15/h10-11H,2-9H2,1H3/b12-11-,14-10?. The second-order valence-electron chi connectivity index (χ2n) is 4.00. The number of hydrogen-bond acceptors (Lipinski definition) is 2. The van der Waals surface area contributed by atoms with E-state index >= 15 is 0 Å². The van der Waals surface area contributed by atoms with Crippen molar-refractivity contribution in [2.75, 3.05) is 19.6 Å². The normalized spacial score (nSPS) is 18.0. The minimum atomic E-state index is 0.758. The molecule has 0 radical (unpaired) electrons. The van der Waals surface area contributed by atoms with Crippen LogP contribution in [0.1, 0.15) is 39.0 Å². The fourth-order valence-corrected chi connectivity index (χ4v) is 1.89. The summed E-state index contributed by atoms with van der Waals surface area (Å²) in [5.74, 6) is 0. The van der Waals surface area contributed by atoms with Gasteiger partial charge in [-0.2, -0.15) is 0 Å². The second-order valence-corrected chi connectivity index (χ2v) is 4.44. The Kier molecular flexibility index (Phi) is 6.49. The third-order valence-corrected chi connectivity index (χ3v) is 2.75. The average molecular weight is 229 g/mol. The van der Waals surface area contributed by atoms with Crippen molar-refractivity contribution in [2.24, 2.45) is 4.99 Å². The Balaban J connectivity index is 2.18. The summed E-state index contributed by atoms with van der Waals surface area (Å²) in [6.45, 7) is 5.38. The van der Waals surface area contributed by atoms with Gasteiger partial charge in [0, 0.05) is 32.0 Å². The SMILES string of the molecule is CCCCCN=C/C(Cl)=C/N1CCCC1. The van der Waals surface area contributed by atoms with Gasteiger partial charge in [-0.25, -0.2) is 0 Å². The number of unbranched alkanes of at least 4 members (excludes halogenated alkanes) is 2. The van der Waals surface area contributed by atoms with E-state index in [2.05, 4.69) is 16.8 Å². The second kappa shape index (κ2) is 7.75. The van der Waals surface area contributed by atoms with Crippen molar-refractivity contribution in [3.05, 3.63) is 11.2 Å². The highest BCUT2D eigenvalue weighted by atomic mass is 35.5. The number of likely N-dealkylation sites (tertiary alicyclic amines) is 1. The summed E-state index contributed by atoms with van der Waals surface area (Å²) in [5, 5.41) is 0.758. The van der Waals surface area contributed by atoms with Crippen molar-refractivity contribution in [3.63, 3.8) is 0 Å². The first-order valence-corrected chi connectivity index (χ1v) is 6.32. The van der Waals surface area contributed by atoms with Crippen molar-refractivity contribution >= 4 is 17.8 Å². The lowest BCUT2D eigenvalue weighted by molar-refractivity contribution is 0.468. The zero-order chi connectivity index (χ0) is 10.9. The summed E-state index contributed by atoms with van der Waals surface area (Å²) >= 11 is 6.04. The zero-order valence-corrected chi connectivity index (χ0v) is 10.3. The molecule has 0 spiro atoms. The predicted octanol–water partition coefficient (Wildman–Crippen LogP) is 3.42. The maximum Gasteiger partial charge on any atom is 0.0742 e. The van der Waals surface area contributed by atoms with Crippen LogP contribution in [0.5, 0.6) is 0 Å². The van der Waals surface area contributed by atoms with E-state index < -0.39 is 0 Å². The van der Waals surface area contributed by atoms with E-state index in [0.29, 0.717) is 0 Å². The molecule has 0 amide bonds. The minimum Gasteiger partial charge on any atom is -0.376 e. The van der Waals surface area contributed by atoms with Gasteiger partial charge < -0.3 is 4.90 Å². The molecule has 0 bridgehead atoms. The summed E-state index contributed by atoms with van der Waals surface area (Å²) in [7, 11) is 0. The first-order valence-electron chi connectivity index (χ1n) is 5.94. The van der Waals surface area contributed by atoms with E-state index in [1.165, 1.54) is 32.1 Å². The smallest absolute Gasteiger partial charge is 0.0742 e. The third-order valence-electron chi connectivity index (χ3n) is 2.55. The van der Waals surface area contributed by atoms with Crippen LogP contribution in [0, 0.1) is 0 Å². The number of nitrogens with zero attached hydrogens (tertiary/aromatic N) is 2. The Bertz CT molecular complexity index is 218. The molecule has 0 aromatic rings. The average Bonchev–Trinajstić information content (AvgIpc) is 2.70. The molecule has 1 fully saturated rings. The Morgan fingerprint density at radius 1 is 1.33 bits per heavy atom. The van der Waals surface area contributed by atoms with E-state index in [4.69, 9.17) is 11.6 Å². The molecule has 1 aliphatic rings. The highest BCUT2D eigenvalue weighted by Crippen LogP contribution is 2.10. The van der Waals surface area contributed by atoms with Crippen LogP contribution < -0.4 is 0 Å². The van der Waals surface area contributed by atoms with E-state index in [-0.39, 0.29) is 0 Å².